The Hall–Kier alpha value is -5.13. The van der Waals surface area contributed by atoms with Crippen LogP contribution in [0.4, 0.5) is 24.8 Å². The van der Waals surface area contributed by atoms with Gasteiger partial charge in [0.1, 0.15) is 22.9 Å². The first kappa shape index (κ1) is 27.4. The summed E-state index contributed by atoms with van der Waals surface area (Å²) in [5.74, 6) is 1.22. The molecule has 12 heteroatoms. The van der Waals surface area contributed by atoms with Gasteiger partial charge >= 0.3 is 6.18 Å². The first-order valence-electron chi connectivity index (χ1n) is 12.5. The van der Waals surface area contributed by atoms with Crippen molar-refractivity contribution in [2.75, 3.05) is 19.0 Å². The molecule has 0 bridgehead atoms. The third kappa shape index (κ3) is 6.21. The summed E-state index contributed by atoms with van der Waals surface area (Å²) in [5, 5.41) is 5.77. The molecule has 2 N–H and O–H groups in total. The fourth-order valence-electron chi connectivity index (χ4n) is 4.20. The van der Waals surface area contributed by atoms with Crippen LogP contribution in [0, 0.1) is 6.92 Å². The van der Waals surface area contributed by atoms with Crippen LogP contribution in [-0.4, -0.2) is 45.3 Å². The Labute approximate surface area is 236 Å². The monoisotopic (exact) mass is 566 g/mol. The molecule has 0 atom stereocenters. The van der Waals surface area contributed by atoms with Crippen LogP contribution < -0.4 is 20.1 Å². The Morgan fingerprint density at radius 2 is 1.83 bits per heavy atom. The van der Waals surface area contributed by atoms with E-state index in [0.717, 1.165) is 11.1 Å². The van der Waals surface area contributed by atoms with Gasteiger partial charge in [0.25, 0.3) is 5.91 Å². The molecule has 0 unspecified atom stereocenters. The van der Waals surface area contributed by atoms with Crippen molar-refractivity contribution in [1.29, 1.82) is 0 Å². The lowest BCUT2D eigenvalue weighted by Crippen LogP contribution is -2.19. The van der Waals surface area contributed by atoms with Gasteiger partial charge in [0.05, 0.1) is 11.0 Å². The third-order valence-electron chi connectivity index (χ3n) is 6.24. The number of rotatable bonds is 8. The molecule has 214 valence electrons. The van der Waals surface area contributed by atoms with Crippen molar-refractivity contribution in [2.45, 2.75) is 13.1 Å². The van der Waals surface area contributed by atoms with Crippen LogP contribution in [0.5, 0.6) is 17.2 Å². The summed E-state index contributed by atoms with van der Waals surface area (Å²) in [4.78, 5) is 24.7. The number of benzene rings is 2. The molecule has 0 aliphatic heterocycles. The Morgan fingerprint density at radius 3 is 2.59 bits per heavy atom. The maximum absolute atomic E-state index is 12.9. The molecule has 0 aliphatic carbocycles. The van der Waals surface area contributed by atoms with E-state index in [-0.39, 0.29) is 20.2 Å². The maximum atomic E-state index is 12.9. The molecule has 41 heavy (non-hydrogen) atoms. The molecule has 0 saturated heterocycles. The lowest BCUT2D eigenvalue weighted by molar-refractivity contribution is -0.153. The number of nitrogens with zero attached hydrogens (tertiary/aromatic N) is 4. The van der Waals surface area contributed by atoms with Gasteiger partial charge in [-0.1, -0.05) is 0 Å². The van der Waals surface area contributed by atoms with Gasteiger partial charge in [-0.25, -0.2) is 4.98 Å². The van der Waals surface area contributed by atoms with Crippen molar-refractivity contribution in [3.05, 3.63) is 84.4 Å². The van der Waals surface area contributed by atoms with Gasteiger partial charge < -0.3 is 24.7 Å². The highest BCUT2D eigenvalue weighted by molar-refractivity contribution is 5.92. The number of nitrogens with one attached hydrogen (secondary N) is 2. The van der Waals surface area contributed by atoms with Gasteiger partial charge in [0.15, 0.2) is 6.61 Å². The Kier molecular flexibility index (Phi) is 7.47. The zero-order chi connectivity index (χ0) is 29.1. The molecule has 5 aromatic rings. The molecule has 1 amide bonds. The highest BCUT2D eigenvalue weighted by Gasteiger charge is 2.29. The van der Waals surface area contributed by atoms with Crippen molar-refractivity contribution in [1.82, 2.24) is 24.8 Å². The molecule has 0 aliphatic rings. The van der Waals surface area contributed by atoms with Gasteiger partial charge in [-0.15, -0.1) is 0 Å². The highest BCUT2D eigenvalue weighted by Crippen LogP contribution is 2.36. The van der Waals surface area contributed by atoms with E-state index in [4.69, 9.17) is 9.47 Å². The lowest BCUT2D eigenvalue weighted by atomic mass is 10.0. The van der Waals surface area contributed by atoms with Crippen LogP contribution in [0.25, 0.3) is 22.2 Å². The number of fused-ring (bicyclic) bond motifs is 1. The molecule has 0 radical (unpaired) electrons. The number of aromatic nitrogens is 4. The topological polar surface area (TPSA) is 103 Å². The maximum Gasteiger partial charge on any atom is 0.422 e. The number of carbonyl (C=O) groups excluding carboxylic acids is 1. The summed E-state index contributed by atoms with van der Waals surface area (Å²) < 4.78 is 51.6. The lowest BCUT2D eigenvalue weighted by Gasteiger charge is -2.16. The number of pyridine rings is 2. The quantitative estimate of drug-likeness (QED) is 0.216. The molecule has 0 saturated carbocycles. The number of aryl methyl sites for hydroxylation is 2. The second-order valence-corrected chi connectivity index (χ2v) is 9.13. The summed E-state index contributed by atoms with van der Waals surface area (Å²) in [6.07, 6.45) is 0.218. The number of amides is 1. The van der Waals surface area contributed by atoms with E-state index in [2.05, 4.69) is 25.6 Å². The van der Waals surface area contributed by atoms with Gasteiger partial charge in [0.2, 0.25) is 5.95 Å². The molecule has 0 fully saturated rings. The minimum absolute atomic E-state index is 0. The molecule has 3 heterocycles. The number of halogens is 3. The first-order chi connectivity index (χ1) is 19.6. The molecular formula is C29H29F3N6O3. The number of hydrogen-bond donors (Lipinski definition) is 2. The fourth-order valence-corrected chi connectivity index (χ4v) is 4.20. The molecule has 2 aromatic carbocycles. The van der Waals surface area contributed by atoms with E-state index < -0.39 is 12.8 Å². The van der Waals surface area contributed by atoms with Crippen molar-refractivity contribution in [3.63, 3.8) is 0 Å². The van der Waals surface area contributed by atoms with Crippen LogP contribution in [0.2, 0.25) is 0 Å². The standard InChI is InChI=1S/C29H25F3N6O3.2H2/c1-17-8-10-34-15-22(17)21-12-18(4-7-26(21)40-16-29(30,31)32)36-28-37-23-13-19(5-6-25(23)38(28)3)41-20-9-11-35-24(14-20)27(39)33-2;;/h4-15H,16H2,1-3H3,(H,33,39)(H,36,37);2*1H. The summed E-state index contributed by atoms with van der Waals surface area (Å²) >= 11 is 0. The van der Waals surface area contributed by atoms with E-state index in [0.29, 0.717) is 39.8 Å². The van der Waals surface area contributed by atoms with E-state index >= 15 is 0 Å². The Balaban J connectivity index is 0.00000253. The third-order valence-corrected chi connectivity index (χ3v) is 6.24. The van der Waals surface area contributed by atoms with Crippen molar-refractivity contribution >= 4 is 28.6 Å². The first-order valence-corrected chi connectivity index (χ1v) is 12.5. The number of hydrogen-bond acceptors (Lipinski definition) is 7. The summed E-state index contributed by atoms with van der Waals surface area (Å²) in [6, 6.07) is 15.2. The normalized spacial score (nSPS) is 11.4. The van der Waals surface area contributed by atoms with E-state index in [1.165, 1.54) is 25.4 Å². The smallest absolute Gasteiger partial charge is 0.422 e. The predicted molar refractivity (Wildman–Crippen MR) is 152 cm³/mol. The largest absolute Gasteiger partial charge is 0.483 e. The second kappa shape index (κ2) is 11.2. The zero-order valence-electron chi connectivity index (χ0n) is 22.3. The Morgan fingerprint density at radius 1 is 1.02 bits per heavy atom. The summed E-state index contributed by atoms with van der Waals surface area (Å²) in [5.41, 5.74) is 4.22. The number of alkyl halides is 3. The van der Waals surface area contributed by atoms with Crippen molar-refractivity contribution < 1.29 is 30.3 Å². The van der Waals surface area contributed by atoms with Crippen LogP contribution in [0.1, 0.15) is 18.9 Å². The van der Waals surface area contributed by atoms with Gasteiger partial charge in [0, 0.05) is 64.5 Å². The van der Waals surface area contributed by atoms with E-state index in [1.807, 2.05) is 24.6 Å². The molecule has 9 nitrogen and oxygen atoms in total. The summed E-state index contributed by atoms with van der Waals surface area (Å²) in [7, 11) is 3.36. The average molecular weight is 567 g/mol. The number of carbonyl (C=O) groups is 1. The van der Waals surface area contributed by atoms with E-state index in [9.17, 15) is 18.0 Å². The highest BCUT2D eigenvalue weighted by atomic mass is 19.4. The second-order valence-electron chi connectivity index (χ2n) is 9.13. The SMILES string of the molecule is CNC(=O)c1cc(Oc2ccc3c(c2)nc(Nc2ccc(OCC(F)(F)F)c(-c4cnccc4C)c2)n3C)ccn1.[HH].[HH]. The van der Waals surface area contributed by atoms with Crippen molar-refractivity contribution in [3.8, 4) is 28.4 Å². The minimum atomic E-state index is -4.47. The molecular weight excluding hydrogens is 537 g/mol. The van der Waals surface area contributed by atoms with E-state index in [1.54, 1.807) is 48.8 Å². The molecule has 0 spiro atoms. The van der Waals surface area contributed by atoms with Crippen LogP contribution in [-0.2, 0) is 7.05 Å². The summed E-state index contributed by atoms with van der Waals surface area (Å²) in [6.45, 7) is 0.439. The predicted octanol–water partition coefficient (Wildman–Crippen LogP) is 6.67. The minimum Gasteiger partial charge on any atom is -0.483 e. The van der Waals surface area contributed by atoms with Gasteiger partial charge in [-0.3, -0.25) is 14.8 Å². The molecule has 3 aromatic heterocycles. The van der Waals surface area contributed by atoms with Gasteiger partial charge in [-0.2, -0.15) is 13.2 Å². The van der Waals surface area contributed by atoms with Crippen molar-refractivity contribution in [2.24, 2.45) is 7.05 Å². The van der Waals surface area contributed by atoms with Crippen LogP contribution >= 0.6 is 0 Å². The van der Waals surface area contributed by atoms with Crippen LogP contribution in [0.15, 0.2) is 73.2 Å². The molecule has 5 rings (SSSR count). The number of imidazole rings is 1. The van der Waals surface area contributed by atoms with Crippen LogP contribution in [0.3, 0.4) is 0 Å². The fraction of sp³-hybridized carbons (Fsp3) is 0.172. The van der Waals surface area contributed by atoms with Gasteiger partial charge in [-0.05, 0) is 55.0 Å². The Bertz CT molecular complexity index is 1750. The number of ether oxygens (including phenoxy) is 2. The zero-order valence-corrected chi connectivity index (χ0v) is 22.3. The average Bonchev–Trinajstić information content (AvgIpc) is 3.25. The number of anilines is 2.